The van der Waals surface area contributed by atoms with E-state index in [0.717, 1.165) is 94.3 Å². The molecule has 1 unspecified atom stereocenters. The fourth-order valence-electron chi connectivity index (χ4n) is 13.2. The molecule has 0 bridgehead atoms. The second-order valence-corrected chi connectivity index (χ2v) is 21.4. The molecule has 0 radical (unpaired) electrons. The number of halogens is 3. The number of fused-ring (bicyclic) bond motifs is 4. The van der Waals surface area contributed by atoms with Crippen molar-refractivity contribution >= 4 is 69.2 Å². The van der Waals surface area contributed by atoms with Crippen LogP contribution in [0.15, 0.2) is 83.7 Å². The molecule has 11 rings (SSSR count). The highest BCUT2D eigenvalue weighted by molar-refractivity contribution is 6.31. The predicted octanol–water partition coefficient (Wildman–Crippen LogP) is 7.70. The molecule has 6 aliphatic rings. The number of ether oxygens (including phenoxy) is 1. The van der Waals surface area contributed by atoms with Gasteiger partial charge in [-0.2, -0.15) is 0 Å². The van der Waals surface area contributed by atoms with Crippen LogP contribution in [0.1, 0.15) is 105 Å². The van der Waals surface area contributed by atoms with E-state index in [1.807, 2.05) is 48.5 Å². The third kappa shape index (κ3) is 8.49. The number of anilines is 2. The molecule has 4 saturated heterocycles. The lowest BCUT2D eigenvalue weighted by molar-refractivity contribution is -0.135. The molecule has 1 saturated carbocycles. The normalized spacial score (nSPS) is 25.2. The van der Waals surface area contributed by atoms with Crippen molar-refractivity contribution in [3.63, 3.8) is 0 Å². The van der Waals surface area contributed by atoms with E-state index in [0.29, 0.717) is 53.3 Å². The van der Waals surface area contributed by atoms with Gasteiger partial charge in [0.05, 0.1) is 34.3 Å². The molecule has 372 valence electrons. The van der Waals surface area contributed by atoms with Crippen LogP contribution in [0.4, 0.5) is 15.8 Å². The maximum Gasteiger partial charge on any atom is 0.329 e. The number of nitrogens with zero attached hydrogens (tertiary/aromatic N) is 4. The number of carbonyl (C=O) groups excluding carboxylic acids is 4. The zero-order valence-corrected chi connectivity index (χ0v) is 41.3. The highest BCUT2D eigenvalue weighted by Crippen LogP contribution is 2.63. The minimum Gasteiger partial charge on any atom is -0.375 e. The van der Waals surface area contributed by atoms with Gasteiger partial charge in [0.25, 0.3) is 0 Å². The number of carbonyl (C=O) groups is 4. The van der Waals surface area contributed by atoms with Crippen molar-refractivity contribution in [2.24, 2.45) is 7.05 Å². The summed E-state index contributed by atoms with van der Waals surface area (Å²) in [5.41, 5.74) is 3.40. The van der Waals surface area contributed by atoms with Crippen molar-refractivity contribution in [2.45, 2.75) is 125 Å². The summed E-state index contributed by atoms with van der Waals surface area (Å²) in [7, 11) is 1.74. The van der Waals surface area contributed by atoms with Gasteiger partial charge in [0.15, 0.2) is 0 Å². The molecule has 1 aromatic heterocycles. The van der Waals surface area contributed by atoms with Crippen molar-refractivity contribution < 1.29 is 28.3 Å². The molecule has 14 nitrogen and oxygen atoms in total. The number of likely N-dealkylation sites (tertiary alicyclic amines) is 2. The lowest BCUT2D eigenvalue weighted by atomic mass is 9.55. The summed E-state index contributed by atoms with van der Waals surface area (Å²) in [6, 6.07) is 22.2. The molecule has 4 N–H and O–H groups in total. The van der Waals surface area contributed by atoms with Crippen molar-refractivity contribution in [2.75, 3.05) is 36.8 Å². The van der Waals surface area contributed by atoms with Gasteiger partial charge in [-0.05, 0) is 104 Å². The minimum absolute atomic E-state index is 0.0670. The largest absolute Gasteiger partial charge is 0.375 e. The van der Waals surface area contributed by atoms with E-state index < -0.39 is 40.7 Å². The van der Waals surface area contributed by atoms with Gasteiger partial charge < -0.3 is 15.4 Å². The van der Waals surface area contributed by atoms with E-state index in [1.54, 1.807) is 40.4 Å². The number of hydrogen-bond acceptors (Lipinski definition) is 9. The number of amides is 4. The third-order valence-electron chi connectivity index (χ3n) is 16.5. The van der Waals surface area contributed by atoms with Gasteiger partial charge in [-0.1, -0.05) is 84.9 Å². The van der Waals surface area contributed by atoms with Gasteiger partial charge in [0, 0.05) is 80.6 Å². The molecule has 1 aliphatic carbocycles. The smallest absolute Gasteiger partial charge is 0.329 e. The zero-order valence-electron chi connectivity index (χ0n) is 39.8. The maximum absolute atomic E-state index is 16.3. The first-order valence-corrected chi connectivity index (χ1v) is 25.9. The molecular weight excluding hydrogens is 947 g/mol. The summed E-state index contributed by atoms with van der Waals surface area (Å²) in [6.45, 7) is 5.00. The number of imide groups is 1. The molecule has 4 atom stereocenters. The topological polar surface area (TPSA) is 159 Å². The van der Waals surface area contributed by atoms with Crippen molar-refractivity contribution in [1.82, 2.24) is 29.6 Å². The quantitative estimate of drug-likeness (QED) is 0.103. The van der Waals surface area contributed by atoms with Crippen molar-refractivity contribution in [3.8, 4) is 0 Å². The van der Waals surface area contributed by atoms with Crippen LogP contribution in [-0.2, 0) is 49.5 Å². The van der Waals surface area contributed by atoms with Crippen LogP contribution in [-0.4, -0.2) is 92.5 Å². The molecule has 5 aliphatic heterocycles. The highest BCUT2D eigenvalue weighted by atomic mass is 35.5. The number of aromatic nitrogens is 2. The number of nitrogens with one attached hydrogen (secondary N) is 4. The number of benzene rings is 4. The highest BCUT2D eigenvalue weighted by Gasteiger charge is 2.72. The average molecular weight is 1010 g/mol. The van der Waals surface area contributed by atoms with E-state index in [-0.39, 0.29) is 52.6 Å². The molecule has 71 heavy (non-hydrogen) atoms. The number of rotatable bonds is 10. The van der Waals surface area contributed by atoms with E-state index >= 15 is 4.39 Å². The van der Waals surface area contributed by atoms with E-state index in [1.165, 1.54) is 6.07 Å². The standard InChI is InChI=1S/C54H59Cl2FN8O6/c1-62-48-33(7-5-10-42(48)65(52(62)70)43-17-18-44(66)60-49(43)67)31-64-27-21-37(22-28-64)71-36-19-25-63(26-20-36)30-32-11-14-35(15-12-32)58-50(68)47-45(38-8-6-9-40(56)46(38)57)54(53(61-47)23-3-2-4-24-53)39-16-13-34(55)29-41(39)59-51(54)69/h5-16,29,36-37,43,45,47,61H,2-4,17-28,30-31H2,1H3,(H,58,68)(H,59,69)(H,60,66,67)/t43?,45-,47+,54+/m0/s1. The number of imidazole rings is 1. The summed E-state index contributed by atoms with van der Waals surface area (Å²) < 4.78 is 26.2. The van der Waals surface area contributed by atoms with Crippen LogP contribution >= 0.6 is 23.2 Å². The number of aryl methyl sites for hydroxylation is 1. The molecule has 5 fully saturated rings. The van der Waals surface area contributed by atoms with Gasteiger partial charge in [-0.25, -0.2) is 9.18 Å². The Kier molecular flexibility index (Phi) is 13.0. The van der Waals surface area contributed by atoms with Crippen LogP contribution in [0.3, 0.4) is 0 Å². The van der Waals surface area contributed by atoms with Gasteiger partial charge in [-0.15, -0.1) is 0 Å². The van der Waals surface area contributed by atoms with E-state index in [4.69, 9.17) is 27.9 Å². The number of hydrogen-bond donors (Lipinski definition) is 4. The molecule has 4 amide bonds. The first kappa shape index (κ1) is 47.9. The Labute approximate surface area is 421 Å². The van der Waals surface area contributed by atoms with E-state index in [9.17, 15) is 24.0 Å². The second kappa shape index (κ2) is 19.2. The Morgan fingerprint density at radius 3 is 2.21 bits per heavy atom. The van der Waals surface area contributed by atoms with Crippen molar-refractivity contribution in [3.05, 3.63) is 127 Å². The Balaban J connectivity index is 0.701. The SMILES string of the molecule is Cn1c(=O)n(C2CCC(=O)NC2=O)c2cccc(CN3CCC(OC4CCN(Cc5ccc(NC(=O)[C@@H]6NC7(CCCCC7)[C@@]7(C(=O)Nc8cc(Cl)ccc87)[C@H]6c6cccc(Cl)c6F)cc5)CC4)CC3)c21. The summed E-state index contributed by atoms with van der Waals surface area (Å²) in [5, 5.41) is 12.7. The van der Waals surface area contributed by atoms with Crippen LogP contribution in [0.5, 0.6) is 0 Å². The van der Waals surface area contributed by atoms with Gasteiger partial charge in [0.2, 0.25) is 23.6 Å². The average Bonchev–Trinajstić information content (AvgIpc) is 3.92. The van der Waals surface area contributed by atoms with Crippen LogP contribution < -0.4 is 27.0 Å². The first-order valence-electron chi connectivity index (χ1n) is 25.2. The Morgan fingerprint density at radius 1 is 0.817 bits per heavy atom. The molecule has 5 aromatic rings. The lowest BCUT2D eigenvalue weighted by Gasteiger charge is -2.47. The summed E-state index contributed by atoms with van der Waals surface area (Å²) in [4.78, 5) is 72.2. The molecule has 4 aromatic carbocycles. The lowest BCUT2D eigenvalue weighted by Crippen LogP contribution is -2.60. The molecule has 2 spiro atoms. The van der Waals surface area contributed by atoms with Crippen LogP contribution in [0.2, 0.25) is 10.0 Å². The molecule has 6 heterocycles. The summed E-state index contributed by atoms with van der Waals surface area (Å²) in [6.07, 6.45) is 8.60. The summed E-state index contributed by atoms with van der Waals surface area (Å²) in [5.74, 6) is -2.92. The van der Waals surface area contributed by atoms with E-state index in [2.05, 4.69) is 31.1 Å². The van der Waals surface area contributed by atoms with Crippen molar-refractivity contribution in [1.29, 1.82) is 0 Å². The van der Waals surface area contributed by atoms with Gasteiger partial charge in [0.1, 0.15) is 17.3 Å². The molecule has 17 heteroatoms. The number of piperidine rings is 3. The Hall–Kier alpha value is -5.42. The Bertz CT molecular complexity index is 2980. The molecular formula is C54H59Cl2FN8O6. The number of para-hydroxylation sites is 1. The monoisotopic (exact) mass is 1000 g/mol. The van der Waals surface area contributed by atoms with Gasteiger partial charge in [-0.3, -0.25) is 48.7 Å². The fraction of sp³-hybridized carbons (Fsp3) is 0.463. The predicted molar refractivity (Wildman–Crippen MR) is 270 cm³/mol. The third-order valence-corrected chi connectivity index (χ3v) is 17.0. The zero-order chi connectivity index (χ0) is 49.2. The maximum atomic E-state index is 16.3. The van der Waals surface area contributed by atoms with Gasteiger partial charge >= 0.3 is 5.69 Å². The summed E-state index contributed by atoms with van der Waals surface area (Å²) >= 11 is 12.9. The second-order valence-electron chi connectivity index (χ2n) is 20.6. The first-order chi connectivity index (χ1) is 34.3. The van der Waals surface area contributed by atoms with Crippen LogP contribution in [0.25, 0.3) is 11.0 Å². The van der Waals surface area contributed by atoms with Crippen LogP contribution in [0, 0.1) is 5.82 Å². The Morgan fingerprint density at radius 2 is 1.51 bits per heavy atom. The minimum atomic E-state index is -1.31. The fourth-order valence-corrected chi connectivity index (χ4v) is 13.5.